The van der Waals surface area contributed by atoms with Gasteiger partial charge < -0.3 is 20.6 Å². The van der Waals surface area contributed by atoms with E-state index in [4.69, 9.17) is 16.2 Å². The molecule has 0 atom stereocenters. The van der Waals surface area contributed by atoms with E-state index in [2.05, 4.69) is 9.98 Å². The number of aliphatic carboxylic acids is 1. The van der Waals surface area contributed by atoms with E-state index in [9.17, 15) is 14.4 Å². The number of amides is 2. The van der Waals surface area contributed by atoms with Crippen molar-refractivity contribution in [2.24, 2.45) is 15.7 Å². The zero-order chi connectivity index (χ0) is 20.4. The SMILES string of the molecule is CN(CC(=O)O)C(=O)CN1CC=C2N=C(c3ccc(C(=N)N)cc3)N=C2C1=O. The molecule has 10 nitrogen and oxygen atoms in total. The first-order chi connectivity index (χ1) is 13.3. The van der Waals surface area contributed by atoms with Gasteiger partial charge in [0.2, 0.25) is 5.91 Å². The third kappa shape index (κ3) is 3.80. The fourth-order valence-electron chi connectivity index (χ4n) is 2.72. The van der Waals surface area contributed by atoms with Crippen LogP contribution in [0, 0.1) is 5.41 Å². The van der Waals surface area contributed by atoms with Crippen LogP contribution in [-0.2, 0) is 14.4 Å². The number of carboxylic acids is 1. The molecule has 0 saturated heterocycles. The van der Waals surface area contributed by atoms with E-state index >= 15 is 0 Å². The first-order valence-electron chi connectivity index (χ1n) is 8.34. The first-order valence-corrected chi connectivity index (χ1v) is 8.34. The molecule has 28 heavy (non-hydrogen) atoms. The Morgan fingerprint density at radius 3 is 2.57 bits per heavy atom. The van der Waals surface area contributed by atoms with Crippen molar-refractivity contribution in [1.82, 2.24) is 9.80 Å². The van der Waals surface area contributed by atoms with Crippen molar-refractivity contribution in [3.63, 3.8) is 0 Å². The Labute approximate surface area is 160 Å². The Morgan fingerprint density at radius 1 is 1.29 bits per heavy atom. The van der Waals surface area contributed by atoms with E-state index in [0.717, 1.165) is 4.90 Å². The zero-order valence-corrected chi connectivity index (χ0v) is 15.0. The topological polar surface area (TPSA) is 153 Å². The molecule has 144 valence electrons. The molecular weight excluding hydrogens is 364 g/mol. The highest BCUT2D eigenvalue weighted by Crippen LogP contribution is 2.21. The lowest BCUT2D eigenvalue weighted by atomic mass is 10.1. The van der Waals surface area contributed by atoms with E-state index < -0.39 is 24.3 Å². The summed E-state index contributed by atoms with van der Waals surface area (Å²) in [4.78, 5) is 46.5. The third-order valence-corrected chi connectivity index (χ3v) is 4.26. The summed E-state index contributed by atoms with van der Waals surface area (Å²) in [5, 5.41) is 16.2. The van der Waals surface area contributed by atoms with Crippen LogP contribution >= 0.6 is 0 Å². The van der Waals surface area contributed by atoms with Gasteiger partial charge in [-0.05, 0) is 6.08 Å². The molecule has 0 fully saturated rings. The number of nitrogens with zero attached hydrogens (tertiary/aromatic N) is 4. The smallest absolute Gasteiger partial charge is 0.323 e. The number of hydrogen-bond acceptors (Lipinski definition) is 6. The molecule has 0 saturated carbocycles. The Morgan fingerprint density at radius 2 is 1.96 bits per heavy atom. The Balaban J connectivity index is 1.74. The number of likely N-dealkylation sites (N-methyl/N-ethyl adjacent to an activating group) is 1. The Kier molecular flexibility index (Phi) is 5.03. The molecular formula is C18H18N6O4. The molecule has 2 aliphatic heterocycles. The lowest BCUT2D eigenvalue weighted by Gasteiger charge is -2.26. The van der Waals surface area contributed by atoms with Crippen LogP contribution < -0.4 is 5.73 Å². The zero-order valence-electron chi connectivity index (χ0n) is 15.0. The summed E-state index contributed by atoms with van der Waals surface area (Å²) in [6.07, 6.45) is 1.70. The predicted molar refractivity (Wildman–Crippen MR) is 101 cm³/mol. The van der Waals surface area contributed by atoms with E-state index in [1.54, 1.807) is 30.3 Å². The minimum Gasteiger partial charge on any atom is -0.480 e. The number of carbonyl (C=O) groups is 3. The predicted octanol–water partition coefficient (Wildman–Crippen LogP) is -0.559. The van der Waals surface area contributed by atoms with E-state index in [1.807, 2.05) is 0 Å². The van der Waals surface area contributed by atoms with Crippen molar-refractivity contribution < 1.29 is 19.5 Å². The summed E-state index contributed by atoms with van der Waals surface area (Å²) in [6, 6.07) is 6.76. The minimum absolute atomic E-state index is 0.0500. The van der Waals surface area contributed by atoms with Gasteiger partial charge in [-0.2, -0.15) is 0 Å². The molecule has 0 unspecified atom stereocenters. The van der Waals surface area contributed by atoms with Crippen molar-refractivity contribution in [1.29, 1.82) is 5.41 Å². The van der Waals surface area contributed by atoms with Crippen LogP contribution in [0.2, 0.25) is 0 Å². The average molecular weight is 382 g/mol. The third-order valence-electron chi connectivity index (χ3n) is 4.26. The van der Waals surface area contributed by atoms with E-state index in [0.29, 0.717) is 22.7 Å². The van der Waals surface area contributed by atoms with Gasteiger partial charge in [0.25, 0.3) is 5.91 Å². The number of fused-ring (bicyclic) bond motifs is 1. The standard InChI is InChI=1S/C18H18N6O4/c1-23(9-14(26)27)13(25)8-24-7-6-12-15(18(24)28)22-17(21-12)11-4-2-10(3-5-11)16(19)20/h2-6H,7-9H2,1H3,(H3,19,20)(H,26,27). The molecule has 0 aromatic heterocycles. The summed E-state index contributed by atoms with van der Waals surface area (Å²) >= 11 is 0. The second kappa shape index (κ2) is 7.43. The maximum atomic E-state index is 12.7. The molecule has 0 aliphatic carbocycles. The van der Waals surface area contributed by atoms with Crippen LogP contribution in [0.5, 0.6) is 0 Å². The van der Waals surface area contributed by atoms with Crippen LogP contribution in [-0.4, -0.2) is 76.8 Å². The molecule has 0 bridgehead atoms. The highest BCUT2D eigenvalue weighted by atomic mass is 16.4. The van der Waals surface area contributed by atoms with Crippen LogP contribution in [0.4, 0.5) is 0 Å². The number of carbonyl (C=O) groups excluding carboxylic acids is 2. The van der Waals surface area contributed by atoms with Crippen LogP contribution in [0.15, 0.2) is 46.0 Å². The molecule has 0 radical (unpaired) electrons. The number of nitrogens with two attached hydrogens (primary N) is 1. The van der Waals surface area contributed by atoms with Crippen molar-refractivity contribution in [2.45, 2.75) is 0 Å². The molecule has 2 heterocycles. The van der Waals surface area contributed by atoms with Gasteiger partial charge in [-0.15, -0.1) is 0 Å². The second-order valence-corrected chi connectivity index (χ2v) is 6.31. The van der Waals surface area contributed by atoms with Gasteiger partial charge in [-0.25, -0.2) is 9.98 Å². The summed E-state index contributed by atoms with van der Waals surface area (Å²) in [5.74, 6) is -1.73. The fourth-order valence-corrected chi connectivity index (χ4v) is 2.72. The molecule has 10 heteroatoms. The first kappa shape index (κ1) is 19.0. The highest BCUT2D eigenvalue weighted by Gasteiger charge is 2.32. The van der Waals surface area contributed by atoms with Crippen LogP contribution in [0.25, 0.3) is 0 Å². The monoisotopic (exact) mass is 382 g/mol. The van der Waals surface area contributed by atoms with Crippen molar-refractivity contribution in [3.8, 4) is 0 Å². The Hall–Kier alpha value is -3.82. The van der Waals surface area contributed by atoms with Gasteiger partial charge in [-0.1, -0.05) is 24.3 Å². The van der Waals surface area contributed by atoms with Crippen molar-refractivity contribution >= 4 is 35.2 Å². The molecule has 2 amide bonds. The number of rotatable bonds is 6. The maximum Gasteiger partial charge on any atom is 0.323 e. The molecule has 1 aromatic carbocycles. The van der Waals surface area contributed by atoms with E-state index in [-0.39, 0.29) is 24.6 Å². The largest absolute Gasteiger partial charge is 0.480 e. The van der Waals surface area contributed by atoms with Crippen LogP contribution in [0.1, 0.15) is 11.1 Å². The summed E-state index contributed by atoms with van der Waals surface area (Å²) in [5.41, 5.74) is 7.26. The van der Waals surface area contributed by atoms with E-state index in [1.165, 1.54) is 11.9 Å². The van der Waals surface area contributed by atoms with Gasteiger partial charge in [0, 0.05) is 24.7 Å². The van der Waals surface area contributed by atoms with Crippen LogP contribution in [0.3, 0.4) is 0 Å². The number of carboxylic acid groups (broad SMARTS) is 1. The number of aliphatic imine (C=N–C) groups is 2. The summed E-state index contributed by atoms with van der Waals surface area (Å²) in [7, 11) is 1.37. The molecule has 0 spiro atoms. The highest BCUT2D eigenvalue weighted by molar-refractivity contribution is 6.49. The minimum atomic E-state index is -1.13. The number of nitrogen functional groups attached to an aromatic ring is 1. The van der Waals surface area contributed by atoms with Gasteiger partial charge >= 0.3 is 5.97 Å². The molecule has 2 aliphatic rings. The molecule has 1 aromatic rings. The number of nitrogens with one attached hydrogen (secondary N) is 1. The maximum absolute atomic E-state index is 12.7. The molecule has 3 rings (SSSR count). The lowest BCUT2D eigenvalue weighted by molar-refractivity contribution is -0.144. The average Bonchev–Trinajstić information content (AvgIpc) is 3.08. The van der Waals surface area contributed by atoms with Gasteiger partial charge in [0.1, 0.15) is 18.9 Å². The summed E-state index contributed by atoms with van der Waals surface area (Å²) in [6.45, 7) is -0.500. The summed E-state index contributed by atoms with van der Waals surface area (Å²) < 4.78 is 0. The number of benzene rings is 1. The van der Waals surface area contributed by atoms with Gasteiger partial charge in [0.05, 0.1) is 5.70 Å². The van der Waals surface area contributed by atoms with Gasteiger partial charge in [0.15, 0.2) is 11.5 Å². The second-order valence-electron chi connectivity index (χ2n) is 6.31. The van der Waals surface area contributed by atoms with Gasteiger partial charge in [-0.3, -0.25) is 19.8 Å². The van der Waals surface area contributed by atoms with Crippen molar-refractivity contribution in [3.05, 3.63) is 47.2 Å². The quantitative estimate of drug-likeness (QED) is 0.445. The normalized spacial score (nSPS) is 15.4. The molecule has 4 N–H and O–H groups in total. The number of amidine groups is 2. The van der Waals surface area contributed by atoms with Crippen molar-refractivity contribution in [2.75, 3.05) is 26.7 Å². The Bertz CT molecular complexity index is 961. The fraction of sp³-hybridized carbons (Fsp3) is 0.222. The number of hydrogen-bond donors (Lipinski definition) is 3. The lowest BCUT2D eigenvalue weighted by Crippen LogP contribution is -2.47.